The summed E-state index contributed by atoms with van der Waals surface area (Å²) in [6, 6.07) is 24.8. The standard InChI is InChI=1S/C22H22N4OS/c1-24(16-26-22(28)25(2)21(23-26)19-14-9-15-27-19)20(17-10-5-3-6-11-17)18-12-7-4-8-13-18/h3-15,20H,16H2,1-2H3. The summed E-state index contributed by atoms with van der Waals surface area (Å²) in [6.45, 7) is 0.557. The summed E-state index contributed by atoms with van der Waals surface area (Å²) in [4.78, 5) is 2.25. The van der Waals surface area contributed by atoms with Crippen LogP contribution in [0.5, 0.6) is 0 Å². The second-order valence-electron chi connectivity index (χ2n) is 6.76. The van der Waals surface area contributed by atoms with Crippen LogP contribution in [0.25, 0.3) is 11.6 Å². The van der Waals surface area contributed by atoms with E-state index >= 15 is 0 Å². The maximum absolute atomic E-state index is 5.62. The van der Waals surface area contributed by atoms with E-state index in [1.165, 1.54) is 11.1 Å². The molecule has 0 radical (unpaired) electrons. The minimum absolute atomic E-state index is 0.0957. The molecule has 6 heteroatoms. The van der Waals surface area contributed by atoms with Gasteiger partial charge >= 0.3 is 0 Å². The Morgan fingerprint density at radius 2 is 1.57 bits per heavy atom. The molecule has 0 amide bonds. The average Bonchev–Trinajstić information content (AvgIpc) is 3.34. The second-order valence-corrected chi connectivity index (χ2v) is 7.13. The molecule has 0 aliphatic rings. The number of hydrogen-bond acceptors (Lipinski definition) is 4. The number of aromatic nitrogens is 3. The quantitative estimate of drug-likeness (QED) is 0.440. The maximum Gasteiger partial charge on any atom is 0.199 e. The monoisotopic (exact) mass is 390 g/mol. The van der Waals surface area contributed by atoms with Crippen molar-refractivity contribution in [2.24, 2.45) is 7.05 Å². The van der Waals surface area contributed by atoms with Crippen LogP contribution >= 0.6 is 12.2 Å². The molecule has 0 aliphatic carbocycles. The first-order valence-electron chi connectivity index (χ1n) is 9.13. The van der Waals surface area contributed by atoms with Crippen LogP contribution in [0.3, 0.4) is 0 Å². The lowest BCUT2D eigenvalue weighted by atomic mass is 9.98. The summed E-state index contributed by atoms with van der Waals surface area (Å²) < 4.78 is 9.87. The highest BCUT2D eigenvalue weighted by Gasteiger charge is 2.21. The zero-order valence-electron chi connectivity index (χ0n) is 15.9. The van der Waals surface area contributed by atoms with Crippen molar-refractivity contribution in [3.8, 4) is 11.6 Å². The second kappa shape index (κ2) is 7.96. The Labute approximate surface area is 169 Å². The molecule has 0 atom stereocenters. The summed E-state index contributed by atoms with van der Waals surface area (Å²) in [5.74, 6) is 1.43. The highest BCUT2D eigenvalue weighted by Crippen LogP contribution is 2.28. The van der Waals surface area contributed by atoms with Crippen molar-refractivity contribution >= 4 is 12.2 Å². The van der Waals surface area contributed by atoms with E-state index in [1.54, 1.807) is 6.26 Å². The lowest BCUT2D eigenvalue weighted by Crippen LogP contribution is -2.28. The largest absolute Gasteiger partial charge is 0.461 e. The molecule has 0 spiro atoms. The Hall–Kier alpha value is -2.96. The van der Waals surface area contributed by atoms with Crippen molar-refractivity contribution in [3.05, 3.63) is 95.0 Å². The molecule has 0 unspecified atom stereocenters. The lowest BCUT2D eigenvalue weighted by molar-refractivity contribution is 0.208. The van der Waals surface area contributed by atoms with Crippen molar-refractivity contribution in [2.45, 2.75) is 12.7 Å². The van der Waals surface area contributed by atoms with Crippen LogP contribution in [-0.4, -0.2) is 26.3 Å². The molecule has 2 aromatic carbocycles. The highest BCUT2D eigenvalue weighted by atomic mass is 32.1. The summed E-state index contributed by atoms with van der Waals surface area (Å²) in [6.07, 6.45) is 1.64. The molecule has 5 nitrogen and oxygen atoms in total. The summed E-state index contributed by atoms with van der Waals surface area (Å²) in [5.41, 5.74) is 2.45. The molecular formula is C22H22N4OS. The van der Waals surface area contributed by atoms with E-state index in [9.17, 15) is 0 Å². The topological polar surface area (TPSA) is 39.1 Å². The van der Waals surface area contributed by atoms with E-state index in [-0.39, 0.29) is 6.04 Å². The molecule has 0 saturated heterocycles. The van der Waals surface area contributed by atoms with Gasteiger partial charge in [-0.1, -0.05) is 60.7 Å². The van der Waals surface area contributed by atoms with E-state index in [0.717, 1.165) is 5.82 Å². The molecule has 0 fully saturated rings. The number of hydrogen-bond donors (Lipinski definition) is 0. The molecule has 4 aromatic rings. The van der Waals surface area contributed by atoms with Crippen molar-refractivity contribution < 1.29 is 4.42 Å². The zero-order chi connectivity index (χ0) is 19.5. The first-order valence-corrected chi connectivity index (χ1v) is 9.54. The molecule has 0 aliphatic heterocycles. The van der Waals surface area contributed by atoms with Crippen LogP contribution in [0.15, 0.2) is 83.5 Å². The molecule has 4 rings (SSSR count). The molecule has 2 aromatic heterocycles. The van der Waals surface area contributed by atoms with E-state index in [4.69, 9.17) is 21.7 Å². The third-order valence-corrected chi connectivity index (χ3v) is 5.30. The molecule has 0 N–H and O–H groups in total. The summed E-state index contributed by atoms with van der Waals surface area (Å²) >= 11 is 5.62. The lowest BCUT2D eigenvalue weighted by Gasteiger charge is -2.28. The molecule has 0 bridgehead atoms. The van der Waals surface area contributed by atoms with Crippen LogP contribution in [0, 0.1) is 4.77 Å². The third kappa shape index (κ3) is 3.56. The Morgan fingerprint density at radius 1 is 0.964 bits per heavy atom. The van der Waals surface area contributed by atoms with Crippen molar-refractivity contribution in [3.63, 3.8) is 0 Å². The molecule has 142 valence electrons. The fourth-order valence-corrected chi connectivity index (χ4v) is 3.65. The van der Waals surface area contributed by atoms with Gasteiger partial charge in [0.05, 0.1) is 19.0 Å². The van der Waals surface area contributed by atoms with Crippen LogP contribution in [-0.2, 0) is 13.7 Å². The Balaban J connectivity index is 1.68. The fraction of sp³-hybridized carbons (Fsp3) is 0.182. The smallest absolute Gasteiger partial charge is 0.199 e. The maximum atomic E-state index is 5.62. The molecule has 28 heavy (non-hydrogen) atoms. The Kier molecular flexibility index (Phi) is 5.23. The first kappa shape index (κ1) is 18.4. The first-order chi connectivity index (χ1) is 13.6. The van der Waals surface area contributed by atoms with Crippen molar-refractivity contribution in [2.75, 3.05) is 7.05 Å². The van der Waals surface area contributed by atoms with Gasteiger partial charge in [-0.05, 0) is 42.5 Å². The van der Waals surface area contributed by atoms with Crippen LogP contribution in [0.1, 0.15) is 17.2 Å². The van der Waals surface area contributed by atoms with Crippen LogP contribution < -0.4 is 0 Å². The van der Waals surface area contributed by atoms with E-state index < -0.39 is 0 Å². The average molecular weight is 391 g/mol. The van der Waals surface area contributed by atoms with Gasteiger partial charge in [0, 0.05) is 7.05 Å². The Bertz CT molecular complexity index is 1050. The minimum Gasteiger partial charge on any atom is -0.461 e. The van der Waals surface area contributed by atoms with Crippen molar-refractivity contribution in [1.82, 2.24) is 19.2 Å². The number of furan rings is 1. The molecular weight excluding hydrogens is 368 g/mol. The van der Waals surface area contributed by atoms with Gasteiger partial charge in [-0.15, -0.1) is 5.10 Å². The predicted octanol–water partition coefficient (Wildman–Crippen LogP) is 4.89. The van der Waals surface area contributed by atoms with Gasteiger partial charge in [0.15, 0.2) is 16.4 Å². The number of benzene rings is 2. The van der Waals surface area contributed by atoms with Gasteiger partial charge in [0.1, 0.15) is 0 Å². The van der Waals surface area contributed by atoms with Crippen LogP contribution in [0.2, 0.25) is 0 Å². The Morgan fingerprint density at radius 3 is 2.11 bits per heavy atom. The molecule has 2 heterocycles. The van der Waals surface area contributed by atoms with Gasteiger partial charge in [0.25, 0.3) is 0 Å². The molecule has 0 saturated carbocycles. The number of nitrogens with zero attached hydrogens (tertiary/aromatic N) is 4. The summed E-state index contributed by atoms with van der Waals surface area (Å²) in [7, 11) is 4.00. The van der Waals surface area contributed by atoms with E-state index in [2.05, 4.69) is 60.5 Å². The van der Waals surface area contributed by atoms with Gasteiger partial charge < -0.3 is 8.98 Å². The highest BCUT2D eigenvalue weighted by molar-refractivity contribution is 7.71. The van der Waals surface area contributed by atoms with Gasteiger partial charge in [0.2, 0.25) is 0 Å². The SMILES string of the molecule is CN(Cn1nc(-c2ccco2)n(C)c1=S)C(c1ccccc1)c1ccccc1. The van der Waals surface area contributed by atoms with Crippen LogP contribution in [0.4, 0.5) is 0 Å². The summed E-state index contributed by atoms with van der Waals surface area (Å²) in [5, 5.41) is 4.70. The fourth-order valence-electron chi connectivity index (χ4n) is 3.47. The van der Waals surface area contributed by atoms with Gasteiger partial charge in [-0.3, -0.25) is 4.90 Å². The third-order valence-electron chi connectivity index (χ3n) is 4.81. The van der Waals surface area contributed by atoms with E-state index in [0.29, 0.717) is 17.2 Å². The normalized spacial score (nSPS) is 11.4. The predicted molar refractivity (Wildman–Crippen MR) is 112 cm³/mol. The zero-order valence-corrected chi connectivity index (χ0v) is 16.7. The van der Waals surface area contributed by atoms with Gasteiger partial charge in [-0.2, -0.15) is 0 Å². The van der Waals surface area contributed by atoms with Gasteiger partial charge in [-0.25, -0.2) is 4.68 Å². The van der Waals surface area contributed by atoms with Crippen molar-refractivity contribution in [1.29, 1.82) is 0 Å². The number of rotatable bonds is 6. The minimum atomic E-state index is 0.0957. The van der Waals surface area contributed by atoms with E-state index in [1.807, 2.05) is 40.6 Å².